The van der Waals surface area contributed by atoms with Crippen molar-refractivity contribution < 1.29 is 18.4 Å². The summed E-state index contributed by atoms with van der Waals surface area (Å²) in [4.78, 5) is 24.2. The maximum Gasteiger partial charge on any atom is 0.251 e. The number of carbonyl (C=O) groups is 2. The third kappa shape index (κ3) is 6.70. The van der Waals surface area contributed by atoms with E-state index in [1.165, 1.54) is 48.2 Å². The predicted octanol–water partition coefficient (Wildman–Crippen LogP) is 4.77. The third-order valence-corrected chi connectivity index (χ3v) is 5.22. The van der Waals surface area contributed by atoms with Gasteiger partial charge in [-0.3, -0.25) is 9.59 Å². The molecule has 0 unspecified atom stereocenters. The molecule has 3 rings (SSSR count). The van der Waals surface area contributed by atoms with Crippen molar-refractivity contribution in [3.05, 3.63) is 101 Å². The van der Waals surface area contributed by atoms with Gasteiger partial charge < -0.3 is 10.6 Å². The van der Waals surface area contributed by atoms with Crippen LogP contribution in [0.15, 0.2) is 72.8 Å². The van der Waals surface area contributed by atoms with Gasteiger partial charge in [-0.05, 0) is 59.7 Å². The van der Waals surface area contributed by atoms with Crippen LogP contribution in [-0.4, -0.2) is 17.6 Å². The van der Waals surface area contributed by atoms with Crippen LogP contribution in [0.3, 0.4) is 0 Å². The third-order valence-electron chi connectivity index (χ3n) is 4.21. The summed E-state index contributed by atoms with van der Waals surface area (Å²) in [7, 11) is 0. The number of benzene rings is 3. The lowest BCUT2D eigenvalue weighted by Crippen LogP contribution is -2.22. The Morgan fingerprint density at radius 3 is 1.97 bits per heavy atom. The largest absolute Gasteiger partial charge is 0.348 e. The summed E-state index contributed by atoms with van der Waals surface area (Å²) >= 11 is 1.44. The van der Waals surface area contributed by atoms with Gasteiger partial charge in [0, 0.05) is 23.5 Å². The second-order valence-electron chi connectivity index (χ2n) is 6.55. The number of halogens is 2. The molecule has 0 heterocycles. The monoisotopic (exact) mass is 426 g/mol. The van der Waals surface area contributed by atoms with Crippen LogP contribution in [0.2, 0.25) is 0 Å². The number of hydrogen-bond donors (Lipinski definition) is 2. The van der Waals surface area contributed by atoms with Crippen molar-refractivity contribution in [3.63, 3.8) is 0 Å². The van der Waals surface area contributed by atoms with Crippen molar-refractivity contribution >= 4 is 29.3 Å². The van der Waals surface area contributed by atoms with Gasteiger partial charge in [0.25, 0.3) is 5.91 Å². The van der Waals surface area contributed by atoms with Crippen LogP contribution in [0, 0.1) is 11.6 Å². The lowest BCUT2D eigenvalue weighted by atomic mass is 10.1. The molecule has 0 aromatic heterocycles. The molecular weight excluding hydrogens is 406 g/mol. The highest BCUT2D eigenvalue weighted by Crippen LogP contribution is 2.15. The summed E-state index contributed by atoms with van der Waals surface area (Å²) in [5.41, 5.74) is 2.89. The van der Waals surface area contributed by atoms with Crippen molar-refractivity contribution in [2.24, 2.45) is 0 Å². The summed E-state index contributed by atoms with van der Waals surface area (Å²) in [5, 5.41) is 5.51. The molecule has 0 aliphatic carbocycles. The highest BCUT2D eigenvalue weighted by Gasteiger charge is 2.07. The minimum atomic E-state index is -0.352. The van der Waals surface area contributed by atoms with Gasteiger partial charge in [-0.25, -0.2) is 8.78 Å². The zero-order chi connectivity index (χ0) is 21.3. The minimum absolute atomic E-state index is 0.164. The molecule has 0 aliphatic rings. The number of hydrogen-bond acceptors (Lipinski definition) is 3. The average molecular weight is 426 g/mol. The quantitative estimate of drug-likeness (QED) is 0.546. The molecule has 154 valence electrons. The molecule has 0 spiro atoms. The molecule has 0 bridgehead atoms. The van der Waals surface area contributed by atoms with Crippen molar-refractivity contribution in [2.45, 2.75) is 12.3 Å². The van der Waals surface area contributed by atoms with Crippen molar-refractivity contribution in [3.8, 4) is 0 Å². The van der Waals surface area contributed by atoms with Gasteiger partial charge in [0.15, 0.2) is 0 Å². The van der Waals surface area contributed by atoms with Crippen LogP contribution in [0.25, 0.3) is 0 Å². The fourth-order valence-corrected chi connectivity index (χ4v) is 3.42. The van der Waals surface area contributed by atoms with Crippen molar-refractivity contribution in [2.75, 3.05) is 11.1 Å². The first-order valence-corrected chi connectivity index (χ1v) is 10.4. The van der Waals surface area contributed by atoms with Gasteiger partial charge in [0.2, 0.25) is 5.91 Å². The van der Waals surface area contributed by atoms with E-state index in [1.807, 2.05) is 12.1 Å². The van der Waals surface area contributed by atoms with Gasteiger partial charge in [-0.15, -0.1) is 11.8 Å². The first kappa shape index (κ1) is 21.5. The van der Waals surface area contributed by atoms with Crippen LogP contribution in [0.1, 0.15) is 21.5 Å². The van der Waals surface area contributed by atoms with Crippen LogP contribution in [-0.2, 0) is 17.1 Å². The first-order chi connectivity index (χ1) is 14.5. The molecule has 30 heavy (non-hydrogen) atoms. The molecule has 4 nitrogen and oxygen atoms in total. The molecule has 0 saturated heterocycles. The van der Waals surface area contributed by atoms with E-state index in [4.69, 9.17) is 0 Å². The highest BCUT2D eigenvalue weighted by molar-refractivity contribution is 7.99. The number of carbonyl (C=O) groups excluding carboxylic acids is 2. The Hall–Kier alpha value is -3.19. The van der Waals surface area contributed by atoms with E-state index < -0.39 is 0 Å². The second kappa shape index (κ2) is 10.5. The number of thioether (sulfide) groups is 1. The summed E-state index contributed by atoms with van der Waals surface area (Å²) in [6.07, 6.45) is 0. The van der Waals surface area contributed by atoms with Crippen molar-refractivity contribution in [1.82, 2.24) is 5.32 Å². The molecular formula is C23H20F2N2O2S. The number of anilines is 1. The Kier molecular flexibility index (Phi) is 7.57. The molecule has 7 heteroatoms. The highest BCUT2D eigenvalue weighted by atomic mass is 32.2. The van der Waals surface area contributed by atoms with E-state index in [9.17, 15) is 18.4 Å². The van der Waals surface area contributed by atoms with Crippen LogP contribution < -0.4 is 10.6 Å². The Labute approximate surface area is 177 Å². The van der Waals surface area contributed by atoms with Crippen LogP contribution >= 0.6 is 11.8 Å². The summed E-state index contributed by atoms with van der Waals surface area (Å²) in [6, 6.07) is 18.7. The fourth-order valence-electron chi connectivity index (χ4n) is 2.63. The van der Waals surface area contributed by atoms with Gasteiger partial charge in [0.05, 0.1) is 5.75 Å². The van der Waals surface area contributed by atoms with Gasteiger partial charge in [-0.1, -0.05) is 24.3 Å². The molecule has 0 aliphatic heterocycles. The fraction of sp³-hybridized carbons (Fsp3) is 0.130. The van der Waals surface area contributed by atoms with Gasteiger partial charge >= 0.3 is 0 Å². The Morgan fingerprint density at radius 1 is 0.767 bits per heavy atom. The van der Waals surface area contributed by atoms with E-state index in [0.29, 0.717) is 23.5 Å². The molecule has 0 saturated carbocycles. The maximum absolute atomic E-state index is 12.9. The molecule has 3 aromatic rings. The predicted molar refractivity (Wildman–Crippen MR) is 115 cm³/mol. The number of rotatable bonds is 8. The molecule has 2 amide bonds. The molecule has 0 radical (unpaired) electrons. The minimum Gasteiger partial charge on any atom is -0.348 e. The van der Waals surface area contributed by atoms with Gasteiger partial charge in [-0.2, -0.15) is 0 Å². The smallest absolute Gasteiger partial charge is 0.251 e. The standard InChI is InChI=1S/C23H20F2N2O2S/c24-19-7-3-16(4-8-19)13-26-23(29)18-5-1-17(2-6-18)14-30-15-22(28)27-21-11-9-20(25)10-12-21/h1-12H,13-15H2,(H,26,29)(H,27,28). The zero-order valence-electron chi connectivity index (χ0n) is 16.0. The summed E-state index contributed by atoms with van der Waals surface area (Å²) in [5.74, 6) is -0.159. The topological polar surface area (TPSA) is 58.2 Å². The number of amides is 2. The summed E-state index contributed by atoms with van der Waals surface area (Å²) < 4.78 is 25.8. The number of nitrogens with one attached hydrogen (secondary N) is 2. The second-order valence-corrected chi connectivity index (χ2v) is 7.54. The van der Waals surface area contributed by atoms with E-state index >= 15 is 0 Å². The first-order valence-electron chi connectivity index (χ1n) is 9.24. The summed E-state index contributed by atoms with van der Waals surface area (Å²) in [6.45, 7) is 0.319. The normalized spacial score (nSPS) is 10.5. The van der Waals surface area contributed by atoms with E-state index in [2.05, 4.69) is 10.6 Å². The van der Waals surface area contributed by atoms with Crippen molar-refractivity contribution in [1.29, 1.82) is 0 Å². The van der Waals surface area contributed by atoms with Crippen LogP contribution in [0.4, 0.5) is 14.5 Å². The van der Waals surface area contributed by atoms with Gasteiger partial charge in [0.1, 0.15) is 11.6 Å². The van der Waals surface area contributed by atoms with E-state index in [-0.39, 0.29) is 29.2 Å². The van der Waals surface area contributed by atoms with E-state index in [1.54, 1.807) is 24.3 Å². The lowest BCUT2D eigenvalue weighted by Gasteiger charge is -2.07. The Morgan fingerprint density at radius 2 is 1.33 bits per heavy atom. The van der Waals surface area contributed by atoms with Crippen LogP contribution in [0.5, 0.6) is 0 Å². The molecule has 2 N–H and O–H groups in total. The molecule has 0 atom stereocenters. The maximum atomic E-state index is 12.9. The van der Waals surface area contributed by atoms with E-state index in [0.717, 1.165) is 11.1 Å². The lowest BCUT2D eigenvalue weighted by molar-refractivity contribution is -0.113. The molecule has 0 fully saturated rings. The SMILES string of the molecule is O=C(CSCc1ccc(C(=O)NCc2ccc(F)cc2)cc1)Nc1ccc(F)cc1. The average Bonchev–Trinajstić information content (AvgIpc) is 2.75. The molecule has 3 aromatic carbocycles. The Bertz CT molecular complexity index is 991. The Balaban J connectivity index is 1.41. The zero-order valence-corrected chi connectivity index (χ0v) is 16.8.